The Morgan fingerprint density at radius 3 is 2.45 bits per heavy atom. The highest BCUT2D eigenvalue weighted by Gasteiger charge is 2.05. The molecular weight excluding hydrogens is 367 g/mol. The van der Waals surface area contributed by atoms with E-state index in [4.69, 9.17) is 4.74 Å². The van der Waals surface area contributed by atoms with Crippen molar-refractivity contribution < 1.29 is 13.9 Å². The number of nitrogens with zero attached hydrogens (tertiary/aromatic N) is 1. The molecule has 0 heterocycles. The molecule has 3 aromatic rings. The van der Waals surface area contributed by atoms with Gasteiger partial charge in [0.2, 0.25) is 5.91 Å². The summed E-state index contributed by atoms with van der Waals surface area (Å²) in [6.45, 7) is 4.39. The summed E-state index contributed by atoms with van der Waals surface area (Å²) in [5.74, 6) is 0.274. The summed E-state index contributed by atoms with van der Waals surface area (Å²) < 4.78 is 18.6. The van der Waals surface area contributed by atoms with Crippen LogP contribution >= 0.6 is 0 Å². The molecule has 0 unspecified atom stereocenters. The number of carbonyl (C=O) groups is 1. The predicted octanol–water partition coefficient (Wildman–Crippen LogP) is 4.71. The molecule has 0 radical (unpaired) electrons. The first-order valence-corrected chi connectivity index (χ1v) is 9.35. The molecule has 0 atom stereocenters. The Balaban J connectivity index is 1.47. The molecule has 0 aromatic heterocycles. The summed E-state index contributed by atoms with van der Waals surface area (Å²) in [6, 6.07) is 19.6. The number of nitrogens with one attached hydrogen (secondary N) is 1. The van der Waals surface area contributed by atoms with Crippen molar-refractivity contribution in [3.05, 3.63) is 100 Å². The van der Waals surface area contributed by atoms with Gasteiger partial charge in [-0.05, 0) is 72.5 Å². The first-order valence-electron chi connectivity index (χ1n) is 9.35. The molecule has 0 bridgehead atoms. The van der Waals surface area contributed by atoms with Crippen molar-refractivity contribution in [3.8, 4) is 5.75 Å². The van der Waals surface area contributed by atoms with Gasteiger partial charge in [0.1, 0.15) is 18.2 Å². The fourth-order valence-electron chi connectivity index (χ4n) is 2.83. The summed E-state index contributed by atoms with van der Waals surface area (Å²) in [7, 11) is 0. The Kier molecular flexibility index (Phi) is 6.74. The molecule has 3 rings (SSSR count). The van der Waals surface area contributed by atoms with Crippen molar-refractivity contribution in [1.82, 2.24) is 5.43 Å². The quantitative estimate of drug-likeness (QED) is 0.469. The third kappa shape index (κ3) is 6.28. The van der Waals surface area contributed by atoms with Crippen LogP contribution in [0.5, 0.6) is 5.75 Å². The maximum Gasteiger partial charge on any atom is 0.244 e. The van der Waals surface area contributed by atoms with E-state index in [1.54, 1.807) is 18.3 Å². The van der Waals surface area contributed by atoms with E-state index in [1.807, 2.05) is 50.2 Å². The van der Waals surface area contributed by atoms with E-state index in [9.17, 15) is 9.18 Å². The Morgan fingerprint density at radius 2 is 1.76 bits per heavy atom. The molecule has 3 aromatic carbocycles. The fraction of sp³-hybridized carbons (Fsp3) is 0.167. The second-order valence-corrected chi connectivity index (χ2v) is 6.88. The molecule has 0 aliphatic carbocycles. The number of hydrogen-bond acceptors (Lipinski definition) is 3. The Bertz CT molecular complexity index is 996. The van der Waals surface area contributed by atoms with Gasteiger partial charge in [-0.25, -0.2) is 9.82 Å². The average molecular weight is 390 g/mol. The van der Waals surface area contributed by atoms with Gasteiger partial charge in [-0.2, -0.15) is 5.10 Å². The summed E-state index contributed by atoms with van der Waals surface area (Å²) in [5.41, 5.74) is 7.55. The van der Waals surface area contributed by atoms with Crippen molar-refractivity contribution in [1.29, 1.82) is 0 Å². The summed E-state index contributed by atoms with van der Waals surface area (Å²) in [4.78, 5) is 12.1. The average Bonchev–Trinajstić information content (AvgIpc) is 2.71. The zero-order chi connectivity index (χ0) is 20.6. The standard InChI is InChI=1S/C24H23FN2O2/c1-17-3-8-21(18(2)13-17)14-24(28)27-26-15-19-6-11-23(12-7-19)29-16-20-4-9-22(25)10-5-20/h3-13,15H,14,16H2,1-2H3,(H,27,28)/b26-15-. The fourth-order valence-corrected chi connectivity index (χ4v) is 2.83. The normalized spacial score (nSPS) is 10.9. The van der Waals surface area contributed by atoms with Gasteiger partial charge < -0.3 is 4.74 Å². The Hall–Kier alpha value is -3.47. The summed E-state index contributed by atoms with van der Waals surface area (Å²) in [6.07, 6.45) is 1.88. The van der Waals surface area contributed by atoms with Crippen LogP contribution in [0.2, 0.25) is 0 Å². The van der Waals surface area contributed by atoms with Crippen LogP contribution in [0.4, 0.5) is 4.39 Å². The molecule has 0 spiro atoms. The number of aryl methyl sites for hydroxylation is 2. The van der Waals surface area contributed by atoms with Crippen molar-refractivity contribution in [3.63, 3.8) is 0 Å². The predicted molar refractivity (Wildman–Crippen MR) is 113 cm³/mol. The van der Waals surface area contributed by atoms with Crippen molar-refractivity contribution >= 4 is 12.1 Å². The van der Waals surface area contributed by atoms with Crippen molar-refractivity contribution in [2.24, 2.45) is 5.10 Å². The largest absolute Gasteiger partial charge is 0.489 e. The highest BCUT2D eigenvalue weighted by molar-refractivity contribution is 5.83. The molecular formula is C24H23FN2O2. The molecule has 0 aliphatic rings. The third-order valence-electron chi connectivity index (χ3n) is 4.45. The number of hydrogen-bond donors (Lipinski definition) is 1. The monoisotopic (exact) mass is 390 g/mol. The number of ether oxygens (including phenoxy) is 1. The minimum Gasteiger partial charge on any atom is -0.489 e. The number of hydrazone groups is 1. The smallest absolute Gasteiger partial charge is 0.244 e. The molecule has 1 amide bonds. The lowest BCUT2D eigenvalue weighted by molar-refractivity contribution is -0.120. The molecule has 0 saturated heterocycles. The lowest BCUT2D eigenvalue weighted by atomic mass is 10.0. The number of rotatable bonds is 7. The molecule has 0 fully saturated rings. The second kappa shape index (κ2) is 9.64. The number of benzene rings is 3. The molecule has 148 valence electrons. The molecule has 0 saturated carbocycles. The summed E-state index contributed by atoms with van der Waals surface area (Å²) >= 11 is 0. The highest BCUT2D eigenvalue weighted by Crippen LogP contribution is 2.14. The van der Waals surface area contributed by atoms with Crippen LogP contribution in [0.3, 0.4) is 0 Å². The van der Waals surface area contributed by atoms with Crippen molar-refractivity contribution in [2.75, 3.05) is 0 Å². The van der Waals surface area contributed by atoms with Gasteiger partial charge in [0, 0.05) is 0 Å². The molecule has 1 N–H and O–H groups in total. The minimum atomic E-state index is -0.265. The van der Waals surface area contributed by atoms with E-state index in [0.717, 1.165) is 22.3 Å². The van der Waals surface area contributed by atoms with Crippen LogP contribution in [0.1, 0.15) is 27.8 Å². The van der Waals surface area contributed by atoms with Gasteiger partial charge in [0.25, 0.3) is 0 Å². The van der Waals surface area contributed by atoms with Crippen LogP contribution < -0.4 is 10.2 Å². The van der Waals surface area contributed by atoms with E-state index < -0.39 is 0 Å². The number of carbonyl (C=O) groups excluding carboxylic acids is 1. The molecule has 29 heavy (non-hydrogen) atoms. The SMILES string of the molecule is Cc1ccc(CC(=O)N/N=C\c2ccc(OCc3ccc(F)cc3)cc2)c(C)c1. The lowest BCUT2D eigenvalue weighted by Gasteiger charge is -2.07. The van der Waals surface area contributed by atoms with E-state index in [-0.39, 0.29) is 11.7 Å². The first kappa shape index (κ1) is 20.3. The maximum atomic E-state index is 12.9. The van der Waals surface area contributed by atoms with Gasteiger partial charge in [-0.1, -0.05) is 35.9 Å². The maximum absolute atomic E-state index is 12.9. The zero-order valence-electron chi connectivity index (χ0n) is 16.5. The van der Waals surface area contributed by atoms with Crippen LogP contribution in [-0.4, -0.2) is 12.1 Å². The molecule has 0 aliphatic heterocycles. The van der Waals surface area contributed by atoms with Crippen LogP contribution in [0.25, 0.3) is 0 Å². The first-order chi connectivity index (χ1) is 14.0. The third-order valence-corrected chi connectivity index (χ3v) is 4.45. The minimum absolute atomic E-state index is 0.160. The van der Waals surface area contributed by atoms with Gasteiger partial charge in [0.05, 0.1) is 12.6 Å². The van der Waals surface area contributed by atoms with E-state index in [1.165, 1.54) is 17.7 Å². The van der Waals surface area contributed by atoms with Gasteiger partial charge in [0.15, 0.2) is 0 Å². The second-order valence-electron chi connectivity index (χ2n) is 6.88. The van der Waals surface area contributed by atoms with E-state index in [0.29, 0.717) is 18.8 Å². The van der Waals surface area contributed by atoms with Crippen LogP contribution in [-0.2, 0) is 17.8 Å². The topological polar surface area (TPSA) is 50.7 Å². The lowest BCUT2D eigenvalue weighted by Crippen LogP contribution is -2.20. The number of halogens is 1. The number of amides is 1. The van der Waals surface area contributed by atoms with E-state index >= 15 is 0 Å². The highest BCUT2D eigenvalue weighted by atomic mass is 19.1. The van der Waals surface area contributed by atoms with E-state index in [2.05, 4.69) is 16.6 Å². The molecule has 4 nitrogen and oxygen atoms in total. The Morgan fingerprint density at radius 1 is 1.03 bits per heavy atom. The zero-order valence-corrected chi connectivity index (χ0v) is 16.5. The van der Waals surface area contributed by atoms with Gasteiger partial charge >= 0.3 is 0 Å². The Labute approximate surface area is 170 Å². The van der Waals surface area contributed by atoms with Crippen LogP contribution in [0, 0.1) is 19.7 Å². The van der Waals surface area contributed by atoms with Gasteiger partial charge in [-0.15, -0.1) is 0 Å². The van der Waals surface area contributed by atoms with Gasteiger partial charge in [-0.3, -0.25) is 4.79 Å². The van der Waals surface area contributed by atoms with Crippen molar-refractivity contribution in [2.45, 2.75) is 26.9 Å². The van der Waals surface area contributed by atoms with Crippen LogP contribution in [0.15, 0.2) is 71.8 Å². The molecule has 5 heteroatoms. The summed E-state index contributed by atoms with van der Waals surface area (Å²) in [5, 5.41) is 4.02.